The summed E-state index contributed by atoms with van der Waals surface area (Å²) in [5.41, 5.74) is 1.00. The van der Waals surface area contributed by atoms with Gasteiger partial charge in [-0.3, -0.25) is 4.98 Å². The van der Waals surface area contributed by atoms with Crippen molar-refractivity contribution in [3.63, 3.8) is 0 Å². The lowest BCUT2D eigenvalue weighted by Gasteiger charge is -2.08. The minimum absolute atomic E-state index is 0.395. The summed E-state index contributed by atoms with van der Waals surface area (Å²) in [4.78, 5) is 3.51. The Morgan fingerprint density at radius 2 is 1.95 bits per heavy atom. The SMILES string of the molecule is Cc1ncc(Br)cc1CS(=O)(=O)c1ccc(F)cc1F. The Balaban J connectivity index is 2.43. The molecule has 1 aromatic carbocycles. The average molecular weight is 362 g/mol. The highest BCUT2D eigenvalue weighted by molar-refractivity contribution is 9.10. The van der Waals surface area contributed by atoms with E-state index in [1.807, 2.05) is 0 Å². The second kappa shape index (κ2) is 5.57. The van der Waals surface area contributed by atoms with Crippen molar-refractivity contribution < 1.29 is 17.2 Å². The zero-order chi connectivity index (χ0) is 14.9. The largest absolute Gasteiger partial charge is 0.260 e. The van der Waals surface area contributed by atoms with Crippen molar-refractivity contribution in [1.29, 1.82) is 0 Å². The lowest BCUT2D eigenvalue weighted by atomic mass is 10.2. The monoisotopic (exact) mass is 361 g/mol. The molecule has 1 aromatic heterocycles. The van der Waals surface area contributed by atoms with Gasteiger partial charge < -0.3 is 0 Å². The van der Waals surface area contributed by atoms with Crippen LogP contribution in [0.2, 0.25) is 0 Å². The zero-order valence-corrected chi connectivity index (χ0v) is 12.8. The summed E-state index contributed by atoms with van der Waals surface area (Å²) in [6, 6.07) is 4.02. The summed E-state index contributed by atoms with van der Waals surface area (Å²) in [6.45, 7) is 1.66. The first-order chi connectivity index (χ1) is 9.29. The molecule has 0 spiro atoms. The molecule has 0 unspecified atom stereocenters. The first-order valence-corrected chi connectivity index (χ1v) is 8.03. The topological polar surface area (TPSA) is 47.0 Å². The van der Waals surface area contributed by atoms with Gasteiger partial charge >= 0.3 is 0 Å². The van der Waals surface area contributed by atoms with E-state index in [0.717, 1.165) is 12.1 Å². The molecule has 0 aliphatic carbocycles. The van der Waals surface area contributed by atoms with Crippen LogP contribution in [0, 0.1) is 18.6 Å². The molecule has 20 heavy (non-hydrogen) atoms. The summed E-state index contributed by atoms with van der Waals surface area (Å²) in [7, 11) is -3.90. The van der Waals surface area contributed by atoms with E-state index in [1.54, 1.807) is 19.2 Å². The number of hydrogen-bond donors (Lipinski definition) is 0. The van der Waals surface area contributed by atoms with Crippen molar-refractivity contribution in [3.05, 3.63) is 57.8 Å². The van der Waals surface area contributed by atoms with Crippen LogP contribution in [0.5, 0.6) is 0 Å². The molecule has 7 heteroatoms. The van der Waals surface area contributed by atoms with Gasteiger partial charge in [-0.1, -0.05) is 0 Å². The summed E-state index contributed by atoms with van der Waals surface area (Å²) >= 11 is 3.20. The molecule has 0 saturated heterocycles. The minimum Gasteiger partial charge on any atom is -0.260 e. The van der Waals surface area contributed by atoms with Crippen molar-refractivity contribution in [2.75, 3.05) is 0 Å². The maximum atomic E-state index is 13.6. The van der Waals surface area contributed by atoms with E-state index >= 15 is 0 Å². The molecule has 106 valence electrons. The number of pyridine rings is 1. The number of halogens is 3. The first kappa shape index (κ1) is 15.1. The standard InChI is InChI=1S/C13H10BrF2NO2S/c1-8-9(4-10(14)6-17-8)7-20(18,19)13-3-2-11(15)5-12(13)16/h2-6H,7H2,1H3. The summed E-state index contributed by atoms with van der Waals surface area (Å²) in [5.74, 6) is -2.30. The number of aromatic nitrogens is 1. The van der Waals surface area contributed by atoms with Crippen molar-refractivity contribution in [1.82, 2.24) is 4.98 Å². The molecule has 3 nitrogen and oxygen atoms in total. The Hall–Kier alpha value is -1.34. The zero-order valence-electron chi connectivity index (χ0n) is 10.4. The van der Waals surface area contributed by atoms with Gasteiger partial charge in [-0.25, -0.2) is 17.2 Å². The van der Waals surface area contributed by atoms with Gasteiger partial charge in [0.05, 0.1) is 5.75 Å². The van der Waals surface area contributed by atoms with Gasteiger partial charge in [0.1, 0.15) is 16.5 Å². The molecule has 0 fully saturated rings. The normalized spacial score (nSPS) is 11.6. The fraction of sp³-hybridized carbons (Fsp3) is 0.154. The number of aryl methyl sites for hydroxylation is 1. The van der Waals surface area contributed by atoms with Gasteiger partial charge in [0.2, 0.25) is 0 Å². The summed E-state index contributed by atoms with van der Waals surface area (Å²) < 4.78 is 51.4. The molecule has 0 N–H and O–H groups in total. The average Bonchev–Trinajstić information content (AvgIpc) is 2.33. The minimum atomic E-state index is -3.90. The molecule has 0 amide bonds. The predicted octanol–water partition coefficient (Wildman–Crippen LogP) is 3.40. The summed E-state index contributed by atoms with van der Waals surface area (Å²) in [6.07, 6.45) is 1.55. The Morgan fingerprint density at radius 1 is 1.25 bits per heavy atom. The molecular weight excluding hydrogens is 352 g/mol. The van der Waals surface area contributed by atoms with Gasteiger partial charge in [-0.2, -0.15) is 0 Å². The van der Waals surface area contributed by atoms with E-state index in [1.165, 1.54) is 0 Å². The van der Waals surface area contributed by atoms with E-state index in [9.17, 15) is 17.2 Å². The fourth-order valence-corrected chi connectivity index (χ4v) is 3.57. The van der Waals surface area contributed by atoms with Crippen LogP contribution in [0.15, 0.2) is 39.8 Å². The van der Waals surface area contributed by atoms with Gasteiger partial charge in [0, 0.05) is 22.4 Å². The maximum absolute atomic E-state index is 13.6. The number of hydrogen-bond acceptors (Lipinski definition) is 3. The van der Waals surface area contributed by atoms with E-state index in [4.69, 9.17) is 0 Å². The van der Waals surface area contributed by atoms with E-state index < -0.39 is 32.1 Å². The quantitative estimate of drug-likeness (QED) is 0.787. The molecule has 0 radical (unpaired) electrons. The molecule has 2 aromatic rings. The number of nitrogens with zero attached hydrogens (tertiary/aromatic N) is 1. The second-order valence-electron chi connectivity index (χ2n) is 4.23. The Bertz CT molecular complexity index is 763. The third-order valence-corrected chi connectivity index (χ3v) is 4.86. The van der Waals surface area contributed by atoms with Crippen LogP contribution >= 0.6 is 15.9 Å². The van der Waals surface area contributed by atoms with Crippen LogP contribution in [-0.4, -0.2) is 13.4 Å². The molecule has 0 atom stereocenters. The van der Waals surface area contributed by atoms with Crippen molar-refractivity contribution in [2.45, 2.75) is 17.6 Å². The molecular formula is C13H10BrF2NO2S. The lowest BCUT2D eigenvalue weighted by Crippen LogP contribution is -2.09. The molecule has 0 aliphatic rings. The molecule has 0 bridgehead atoms. The number of benzene rings is 1. The van der Waals surface area contributed by atoms with Crippen molar-refractivity contribution in [3.8, 4) is 0 Å². The lowest BCUT2D eigenvalue weighted by molar-refractivity contribution is 0.548. The van der Waals surface area contributed by atoms with E-state index in [2.05, 4.69) is 20.9 Å². The highest BCUT2D eigenvalue weighted by atomic mass is 79.9. The molecule has 1 heterocycles. The van der Waals surface area contributed by atoms with Crippen LogP contribution in [0.25, 0.3) is 0 Å². The first-order valence-electron chi connectivity index (χ1n) is 5.58. The van der Waals surface area contributed by atoms with E-state index in [-0.39, 0.29) is 0 Å². The molecule has 0 saturated carbocycles. The maximum Gasteiger partial charge on any atom is 0.185 e. The van der Waals surface area contributed by atoms with Gasteiger partial charge in [0.15, 0.2) is 9.84 Å². The smallest absolute Gasteiger partial charge is 0.185 e. The van der Waals surface area contributed by atoms with Crippen molar-refractivity contribution in [2.24, 2.45) is 0 Å². The van der Waals surface area contributed by atoms with Gasteiger partial charge in [-0.05, 0) is 46.6 Å². The Kier molecular flexibility index (Phi) is 4.19. The second-order valence-corrected chi connectivity index (χ2v) is 7.11. The van der Waals surface area contributed by atoms with Crippen LogP contribution in [0.4, 0.5) is 8.78 Å². The van der Waals surface area contributed by atoms with Crippen LogP contribution in [0.3, 0.4) is 0 Å². The Labute approximate surface area is 123 Å². The molecule has 2 rings (SSSR count). The summed E-state index contributed by atoms with van der Waals surface area (Å²) in [5, 5.41) is 0. The highest BCUT2D eigenvalue weighted by Gasteiger charge is 2.21. The molecule has 0 aliphatic heterocycles. The van der Waals surface area contributed by atoms with Crippen LogP contribution < -0.4 is 0 Å². The van der Waals surface area contributed by atoms with Gasteiger partial charge in [0.25, 0.3) is 0 Å². The van der Waals surface area contributed by atoms with Gasteiger partial charge in [-0.15, -0.1) is 0 Å². The van der Waals surface area contributed by atoms with Crippen molar-refractivity contribution >= 4 is 25.8 Å². The third kappa shape index (κ3) is 3.21. The number of rotatable bonds is 3. The third-order valence-electron chi connectivity index (χ3n) is 2.73. The van der Waals surface area contributed by atoms with Crippen LogP contribution in [-0.2, 0) is 15.6 Å². The van der Waals surface area contributed by atoms with E-state index in [0.29, 0.717) is 21.8 Å². The van der Waals surface area contributed by atoms with Crippen LogP contribution in [0.1, 0.15) is 11.3 Å². The Morgan fingerprint density at radius 3 is 2.60 bits per heavy atom. The fourth-order valence-electron chi connectivity index (χ4n) is 1.71. The highest BCUT2D eigenvalue weighted by Crippen LogP contribution is 2.23. The number of sulfone groups is 1. The predicted molar refractivity (Wildman–Crippen MR) is 73.9 cm³/mol.